The Kier molecular flexibility index (Phi) is 2.34. The van der Waals surface area contributed by atoms with Crippen molar-refractivity contribution in [1.29, 1.82) is 0 Å². The average Bonchev–Trinajstić information content (AvgIpc) is 2.72. The maximum absolute atomic E-state index is 10.9. The lowest BCUT2D eigenvalue weighted by molar-refractivity contribution is -0.119. The third-order valence-corrected chi connectivity index (χ3v) is 2.11. The molecule has 1 fully saturated rings. The van der Waals surface area contributed by atoms with Crippen molar-refractivity contribution in [2.24, 2.45) is 0 Å². The third kappa shape index (κ3) is 2.01. The molecular formula is C8H12N4O2. The SMILES string of the molecule is Cc1noc(NCC2CCC(=O)N2)n1. The molecule has 76 valence electrons. The lowest BCUT2D eigenvalue weighted by atomic mass is 10.2. The number of nitrogens with one attached hydrogen (secondary N) is 2. The molecule has 1 saturated heterocycles. The van der Waals surface area contributed by atoms with Gasteiger partial charge in [-0.1, -0.05) is 5.16 Å². The molecule has 0 radical (unpaired) electrons. The predicted molar refractivity (Wildman–Crippen MR) is 48.7 cm³/mol. The van der Waals surface area contributed by atoms with E-state index in [9.17, 15) is 4.79 Å². The van der Waals surface area contributed by atoms with Gasteiger partial charge in [0.05, 0.1) is 0 Å². The van der Waals surface area contributed by atoms with Gasteiger partial charge in [0.25, 0.3) is 0 Å². The van der Waals surface area contributed by atoms with Crippen LogP contribution in [-0.2, 0) is 4.79 Å². The highest BCUT2D eigenvalue weighted by Crippen LogP contribution is 2.08. The van der Waals surface area contributed by atoms with E-state index in [4.69, 9.17) is 4.52 Å². The average molecular weight is 196 g/mol. The molecule has 0 spiro atoms. The minimum absolute atomic E-state index is 0.110. The smallest absolute Gasteiger partial charge is 0.321 e. The molecule has 6 heteroatoms. The van der Waals surface area contributed by atoms with E-state index in [0.29, 0.717) is 24.8 Å². The van der Waals surface area contributed by atoms with E-state index in [1.54, 1.807) is 6.92 Å². The largest absolute Gasteiger partial charge is 0.352 e. The minimum Gasteiger partial charge on any atom is -0.352 e. The normalized spacial score (nSPS) is 20.9. The van der Waals surface area contributed by atoms with Crippen LogP contribution in [0.25, 0.3) is 0 Å². The summed E-state index contributed by atoms with van der Waals surface area (Å²) in [6.45, 7) is 2.39. The second-order valence-electron chi connectivity index (χ2n) is 3.33. The molecule has 14 heavy (non-hydrogen) atoms. The van der Waals surface area contributed by atoms with Crippen molar-refractivity contribution in [2.75, 3.05) is 11.9 Å². The van der Waals surface area contributed by atoms with Crippen molar-refractivity contribution in [2.45, 2.75) is 25.8 Å². The Labute approximate surface area is 81.1 Å². The summed E-state index contributed by atoms with van der Waals surface area (Å²) in [5, 5.41) is 9.45. The van der Waals surface area contributed by atoms with Crippen LogP contribution in [0.2, 0.25) is 0 Å². The zero-order valence-electron chi connectivity index (χ0n) is 7.91. The summed E-state index contributed by atoms with van der Waals surface area (Å²) in [6.07, 6.45) is 1.47. The third-order valence-electron chi connectivity index (χ3n) is 2.11. The second-order valence-corrected chi connectivity index (χ2v) is 3.33. The van der Waals surface area contributed by atoms with Gasteiger partial charge in [0.15, 0.2) is 5.82 Å². The van der Waals surface area contributed by atoms with Crippen LogP contribution in [0.15, 0.2) is 4.52 Å². The fraction of sp³-hybridized carbons (Fsp3) is 0.625. The highest BCUT2D eigenvalue weighted by molar-refractivity contribution is 5.78. The van der Waals surface area contributed by atoms with Crippen molar-refractivity contribution in [1.82, 2.24) is 15.5 Å². The number of nitrogens with zero attached hydrogens (tertiary/aromatic N) is 2. The van der Waals surface area contributed by atoms with Gasteiger partial charge >= 0.3 is 6.01 Å². The van der Waals surface area contributed by atoms with Crippen LogP contribution < -0.4 is 10.6 Å². The summed E-state index contributed by atoms with van der Waals surface area (Å²) in [4.78, 5) is 14.9. The van der Waals surface area contributed by atoms with E-state index in [1.807, 2.05) is 0 Å². The molecule has 1 amide bonds. The van der Waals surface area contributed by atoms with Gasteiger partial charge < -0.3 is 15.2 Å². The van der Waals surface area contributed by atoms with Crippen LogP contribution in [0, 0.1) is 6.92 Å². The van der Waals surface area contributed by atoms with E-state index in [-0.39, 0.29) is 11.9 Å². The number of rotatable bonds is 3. The summed E-state index contributed by atoms with van der Waals surface area (Å²) >= 11 is 0. The van der Waals surface area contributed by atoms with Gasteiger partial charge in [-0.3, -0.25) is 4.79 Å². The Bertz CT molecular complexity index is 336. The van der Waals surface area contributed by atoms with Crippen molar-refractivity contribution < 1.29 is 9.32 Å². The van der Waals surface area contributed by atoms with Crippen LogP contribution in [0.1, 0.15) is 18.7 Å². The van der Waals surface area contributed by atoms with E-state index in [2.05, 4.69) is 20.8 Å². The minimum atomic E-state index is 0.110. The van der Waals surface area contributed by atoms with E-state index < -0.39 is 0 Å². The molecule has 0 aromatic carbocycles. The highest BCUT2D eigenvalue weighted by atomic mass is 16.5. The summed E-state index contributed by atoms with van der Waals surface area (Å²) in [7, 11) is 0. The van der Waals surface area contributed by atoms with Crippen LogP contribution in [-0.4, -0.2) is 28.6 Å². The standard InChI is InChI=1S/C8H12N4O2/c1-5-10-8(14-12-5)9-4-6-2-3-7(13)11-6/h6H,2-4H2,1H3,(H,11,13)(H,9,10,12). The zero-order chi connectivity index (χ0) is 9.97. The molecule has 1 aromatic heterocycles. The molecule has 1 aliphatic heterocycles. The van der Waals surface area contributed by atoms with Crippen molar-refractivity contribution in [3.63, 3.8) is 0 Å². The van der Waals surface area contributed by atoms with Crippen LogP contribution in [0.4, 0.5) is 6.01 Å². The molecule has 0 bridgehead atoms. The Hall–Kier alpha value is -1.59. The first-order chi connectivity index (χ1) is 6.74. The molecule has 6 nitrogen and oxygen atoms in total. The van der Waals surface area contributed by atoms with Crippen molar-refractivity contribution >= 4 is 11.9 Å². The number of aromatic nitrogens is 2. The van der Waals surface area contributed by atoms with Crippen molar-refractivity contribution in [3.8, 4) is 0 Å². The van der Waals surface area contributed by atoms with Crippen LogP contribution in [0.5, 0.6) is 0 Å². The van der Waals surface area contributed by atoms with Crippen LogP contribution >= 0.6 is 0 Å². The Balaban J connectivity index is 1.80. The molecule has 2 N–H and O–H groups in total. The number of hydrogen-bond acceptors (Lipinski definition) is 5. The number of amides is 1. The van der Waals surface area contributed by atoms with Crippen molar-refractivity contribution in [3.05, 3.63) is 5.82 Å². The Morgan fingerprint density at radius 1 is 1.71 bits per heavy atom. The highest BCUT2D eigenvalue weighted by Gasteiger charge is 2.20. The summed E-state index contributed by atoms with van der Waals surface area (Å²) in [6, 6.07) is 0.582. The molecule has 2 rings (SSSR count). The summed E-state index contributed by atoms with van der Waals surface area (Å²) < 4.78 is 4.87. The fourth-order valence-electron chi connectivity index (χ4n) is 1.41. The Morgan fingerprint density at radius 3 is 3.14 bits per heavy atom. The monoisotopic (exact) mass is 196 g/mol. The van der Waals surface area contributed by atoms with Gasteiger partial charge in [0.1, 0.15) is 0 Å². The fourth-order valence-corrected chi connectivity index (χ4v) is 1.41. The molecular weight excluding hydrogens is 184 g/mol. The number of anilines is 1. The van der Waals surface area contributed by atoms with Gasteiger partial charge in [-0.2, -0.15) is 4.98 Å². The maximum Gasteiger partial charge on any atom is 0.321 e. The topological polar surface area (TPSA) is 80.0 Å². The molecule has 0 aliphatic carbocycles. The van der Waals surface area contributed by atoms with E-state index in [1.165, 1.54) is 0 Å². The number of aryl methyl sites for hydroxylation is 1. The first kappa shape index (κ1) is 8.98. The maximum atomic E-state index is 10.9. The van der Waals surface area contributed by atoms with E-state index >= 15 is 0 Å². The van der Waals surface area contributed by atoms with Gasteiger partial charge in [-0.25, -0.2) is 0 Å². The Morgan fingerprint density at radius 2 is 2.57 bits per heavy atom. The molecule has 1 unspecified atom stereocenters. The molecule has 1 aromatic rings. The first-order valence-electron chi connectivity index (χ1n) is 4.57. The molecule has 1 aliphatic rings. The van der Waals surface area contributed by atoms with Crippen LogP contribution in [0.3, 0.4) is 0 Å². The first-order valence-corrected chi connectivity index (χ1v) is 4.57. The molecule has 0 saturated carbocycles. The lowest BCUT2D eigenvalue weighted by Gasteiger charge is -2.08. The number of carbonyl (C=O) groups is 1. The summed E-state index contributed by atoms with van der Waals surface area (Å²) in [5.41, 5.74) is 0. The zero-order valence-corrected chi connectivity index (χ0v) is 7.91. The molecule has 2 heterocycles. The number of carbonyl (C=O) groups excluding carboxylic acids is 1. The van der Waals surface area contributed by atoms with Gasteiger partial charge in [-0.15, -0.1) is 0 Å². The number of hydrogen-bond donors (Lipinski definition) is 2. The predicted octanol–water partition coefficient (Wildman–Crippen LogP) is 0.0685. The van der Waals surface area contributed by atoms with E-state index in [0.717, 1.165) is 6.42 Å². The van der Waals surface area contributed by atoms with Gasteiger partial charge in [0.2, 0.25) is 5.91 Å². The summed E-state index contributed by atoms with van der Waals surface area (Å²) in [5.74, 6) is 0.710. The lowest BCUT2D eigenvalue weighted by Crippen LogP contribution is -2.31. The quantitative estimate of drug-likeness (QED) is 0.715. The van der Waals surface area contributed by atoms with Gasteiger partial charge in [-0.05, 0) is 13.3 Å². The molecule has 1 atom stereocenters. The van der Waals surface area contributed by atoms with Gasteiger partial charge in [0, 0.05) is 19.0 Å². The second kappa shape index (κ2) is 3.65.